The Labute approximate surface area is 302 Å². The Morgan fingerprint density at radius 3 is 2.24 bits per heavy atom. The van der Waals surface area contributed by atoms with Crippen LogP contribution in [0.1, 0.15) is 51.7 Å². The first-order valence-electron chi connectivity index (χ1n) is 16.4. The number of methoxy groups -OCH3 is 2. The Morgan fingerprint density at radius 1 is 1.02 bits per heavy atom. The van der Waals surface area contributed by atoms with Crippen LogP contribution in [0.3, 0.4) is 0 Å². The second-order valence-electron chi connectivity index (χ2n) is 12.8. The topological polar surface area (TPSA) is 136 Å². The van der Waals surface area contributed by atoms with Gasteiger partial charge in [0.2, 0.25) is 5.95 Å². The maximum atomic E-state index is 12.2. The van der Waals surface area contributed by atoms with Gasteiger partial charge in [0.15, 0.2) is 10.4 Å². The Kier molecular flexibility index (Phi) is 11.6. The van der Waals surface area contributed by atoms with Crippen LogP contribution < -0.4 is 25.7 Å². The summed E-state index contributed by atoms with van der Waals surface area (Å²) in [5.41, 5.74) is 2.44. The average molecular weight is 757 g/mol. The van der Waals surface area contributed by atoms with E-state index in [4.69, 9.17) is 24.0 Å². The standard InChI is InChI=1S/C37H42BrN7O4Si/c1-7-27(20-21-49-50(37(2,3)4,28-14-10-8-11-15-28)29-16-12-9-13-17-29)40-34-32-31(41-35(42-34)43-36(46)48-6)33(38)44-45(32)24-26-19-18-25(23-39)22-30(26)47-5/h8-19,22,27H,7,20-21,24H2,1-6H3,(H2,40,41,42,43,46)/t27-/m0/s1. The van der Waals surface area contributed by atoms with Crippen LogP contribution in [-0.4, -0.2) is 61.0 Å². The molecule has 50 heavy (non-hydrogen) atoms. The van der Waals surface area contributed by atoms with Crippen LogP contribution in [0.2, 0.25) is 5.04 Å². The highest BCUT2D eigenvalue weighted by Gasteiger charge is 2.50. The molecule has 0 spiro atoms. The number of nitriles is 1. The number of hydrogen-bond acceptors (Lipinski definition) is 9. The molecule has 2 heterocycles. The van der Waals surface area contributed by atoms with Crippen molar-refractivity contribution in [1.29, 1.82) is 5.26 Å². The number of benzene rings is 3. The van der Waals surface area contributed by atoms with Crippen LogP contribution in [-0.2, 0) is 15.7 Å². The zero-order valence-corrected chi connectivity index (χ0v) is 31.7. The van der Waals surface area contributed by atoms with Gasteiger partial charge in [-0.3, -0.25) is 10.00 Å². The van der Waals surface area contributed by atoms with Crippen molar-refractivity contribution in [3.63, 3.8) is 0 Å². The van der Waals surface area contributed by atoms with Gasteiger partial charge < -0.3 is 19.2 Å². The summed E-state index contributed by atoms with van der Waals surface area (Å²) in [5, 5.41) is 22.7. The van der Waals surface area contributed by atoms with Crippen molar-refractivity contribution in [3.05, 3.63) is 94.6 Å². The highest BCUT2D eigenvalue weighted by atomic mass is 79.9. The lowest BCUT2D eigenvalue weighted by molar-refractivity contribution is 0.186. The van der Waals surface area contributed by atoms with Crippen LogP contribution >= 0.6 is 15.9 Å². The molecule has 0 saturated carbocycles. The number of carbonyl (C=O) groups is 1. The fraction of sp³-hybridized carbons (Fsp3) is 0.324. The van der Waals surface area contributed by atoms with Crippen LogP contribution in [0.5, 0.6) is 5.75 Å². The Bertz CT molecular complexity index is 1940. The van der Waals surface area contributed by atoms with Crippen LogP contribution in [0, 0.1) is 11.3 Å². The molecule has 2 N–H and O–H groups in total. The highest BCUT2D eigenvalue weighted by molar-refractivity contribution is 9.10. The van der Waals surface area contributed by atoms with Crippen molar-refractivity contribution >= 4 is 63.5 Å². The molecule has 3 aromatic carbocycles. The van der Waals surface area contributed by atoms with Gasteiger partial charge in [0.25, 0.3) is 8.32 Å². The van der Waals surface area contributed by atoms with Gasteiger partial charge in [0.1, 0.15) is 16.8 Å². The summed E-state index contributed by atoms with van der Waals surface area (Å²) in [5.74, 6) is 1.13. The molecule has 0 aliphatic carbocycles. The van der Waals surface area contributed by atoms with E-state index in [1.807, 2.05) is 18.2 Å². The molecule has 1 amide bonds. The number of nitrogens with one attached hydrogen (secondary N) is 2. The molecule has 5 aromatic rings. The fourth-order valence-corrected chi connectivity index (χ4v) is 11.3. The maximum absolute atomic E-state index is 12.2. The zero-order chi connectivity index (χ0) is 35.9. The second kappa shape index (κ2) is 15.8. The molecule has 0 radical (unpaired) electrons. The predicted octanol–water partition coefficient (Wildman–Crippen LogP) is 6.85. The maximum Gasteiger partial charge on any atom is 0.413 e. The minimum Gasteiger partial charge on any atom is -0.496 e. The van der Waals surface area contributed by atoms with E-state index in [1.165, 1.54) is 17.5 Å². The molecular formula is C37H42BrN7O4Si. The van der Waals surface area contributed by atoms with Crippen molar-refractivity contribution < 1.29 is 18.7 Å². The van der Waals surface area contributed by atoms with Crippen LogP contribution in [0.15, 0.2) is 83.5 Å². The third kappa shape index (κ3) is 7.67. The first-order valence-corrected chi connectivity index (χ1v) is 19.1. The molecule has 0 fully saturated rings. The number of halogens is 1. The number of carbonyl (C=O) groups excluding carboxylic acids is 1. The van der Waals surface area contributed by atoms with Gasteiger partial charge >= 0.3 is 6.09 Å². The summed E-state index contributed by atoms with van der Waals surface area (Å²) in [7, 11) is 0.123. The molecule has 260 valence electrons. The molecule has 0 aliphatic heterocycles. The van der Waals surface area contributed by atoms with Gasteiger partial charge in [-0.25, -0.2) is 9.78 Å². The Morgan fingerprint density at radius 2 is 1.68 bits per heavy atom. The first kappa shape index (κ1) is 36.5. The summed E-state index contributed by atoms with van der Waals surface area (Å²) in [6.07, 6.45) is 0.769. The van der Waals surface area contributed by atoms with Crippen molar-refractivity contribution in [1.82, 2.24) is 19.7 Å². The van der Waals surface area contributed by atoms with Crippen molar-refractivity contribution in [2.75, 3.05) is 31.5 Å². The van der Waals surface area contributed by atoms with Gasteiger partial charge in [0.05, 0.1) is 32.4 Å². The molecule has 2 aromatic heterocycles. The lowest BCUT2D eigenvalue weighted by Crippen LogP contribution is -2.66. The van der Waals surface area contributed by atoms with E-state index in [9.17, 15) is 10.1 Å². The number of aromatic nitrogens is 4. The summed E-state index contributed by atoms with van der Waals surface area (Å²) >= 11 is 3.57. The quantitative estimate of drug-likeness (QED) is 0.124. The van der Waals surface area contributed by atoms with Gasteiger partial charge in [-0.15, -0.1) is 0 Å². The Balaban J connectivity index is 1.50. The zero-order valence-electron chi connectivity index (χ0n) is 29.2. The van der Waals surface area contributed by atoms with Crippen molar-refractivity contribution in [3.8, 4) is 11.8 Å². The van der Waals surface area contributed by atoms with Crippen LogP contribution in [0.25, 0.3) is 11.0 Å². The number of fused-ring (bicyclic) bond motifs is 1. The predicted molar refractivity (Wildman–Crippen MR) is 202 cm³/mol. The number of rotatable bonds is 13. The monoisotopic (exact) mass is 755 g/mol. The fourth-order valence-electron chi connectivity index (χ4n) is 6.25. The molecule has 1 atom stereocenters. The summed E-state index contributed by atoms with van der Waals surface area (Å²) in [6.45, 7) is 9.73. The third-order valence-electron chi connectivity index (χ3n) is 8.72. The van der Waals surface area contributed by atoms with E-state index >= 15 is 0 Å². The third-order valence-corrected chi connectivity index (χ3v) is 14.3. The number of anilines is 2. The summed E-state index contributed by atoms with van der Waals surface area (Å²) < 4.78 is 19.9. The van der Waals surface area contributed by atoms with Crippen molar-refractivity contribution in [2.24, 2.45) is 0 Å². The number of nitrogens with zero attached hydrogens (tertiary/aromatic N) is 5. The largest absolute Gasteiger partial charge is 0.496 e. The molecule has 11 nitrogen and oxygen atoms in total. The SMILES string of the molecule is CC[C@@H](CCO[Si](c1ccccc1)(c1ccccc1)C(C)(C)C)Nc1nc(NC(=O)OC)nc2c(Br)nn(Cc3ccc(C#N)cc3OC)c12. The molecule has 13 heteroatoms. The Hall–Kier alpha value is -4.77. The molecule has 0 bridgehead atoms. The minimum absolute atomic E-state index is 0.0520. The second-order valence-corrected chi connectivity index (χ2v) is 17.9. The summed E-state index contributed by atoms with van der Waals surface area (Å²) in [6, 6.07) is 28.6. The van der Waals surface area contributed by atoms with E-state index in [1.54, 1.807) is 23.9 Å². The van der Waals surface area contributed by atoms with E-state index in [0.29, 0.717) is 52.3 Å². The lowest BCUT2D eigenvalue weighted by Gasteiger charge is -2.43. The number of ether oxygens (including phenoxy) is 2. The number of amides is 1. The van der Waals surface area contributed by atoms with E-state index in [-0.39, 0.29) is 17.0 Å². The molecule has 0 saturated heterocycles. The van der Waals surface area contributed by atoms with Crippen molar-refractivity contribution in [2.45, 2.75) is 58.2 Å². The molecular weight excluding hydrogens is 714 g/mol. The van der Waals surface area contributed by atoms with E-state index in [0.717, 1.165) is 12.0 Å². The summed E-state index contributed by atoms with van der Waals surface area (Å²) in [4.78, 5) is 21.5. The van der Waals surface area contributed by atoms with Gasteiger partial charge in [-0.1, -0.05) is 94.4 Å². The van der Waals surface area contributed by atoms with Gasteiger partial charge in [-0.2, -0.15) is 15.3 Å². The van der Waals surface area contributed by atoms with Crippen LogP contribution in [0.4, 0.5) is 16.6 Å². The molecule has 5 rings (SSSR count). The highest BCUT2D eigenvalue weighted by Crippen LogP contribution is 2.37. The average Bonchev–Trinajstić information content (AvgIpc) is 3.44. The smallest absolute Gasteiger partial charge is 0.413 e. The normalized spacial score (nSPS) is 12.3. The van der Waals surface area contributed by atoms with E-state index in [2.05, 4.69) is 114 Å². The van der Waals surface area contributed by atoms with Gasteiger partial charge in [-0.05, 0) is 56.3 Å². The van der Waals surface area contributed by atoms with E-state index < -0.39 is 14.4 Å². The minimum atomic E-state index is -2.73. The first-order chi connectivity index (χ1) is 24.0. The molecule has 0 unspecified atom stereocenters. The van der Waals surface area contributed by atoms with Gasteiger partial charge in [0, 0.05) is 18.2 Å². The lowest BCUT2D eigenvalue weighted by atomic mass is 10.1. The molecule has 0 aliphatic rings. The number of hydrogen-bond donors (Lipinski definition) is 2.